The predicted octanol–water partition coefficient (Wildman–Crippen LogP) is 4.62. The Kier molecular flexibility index (Phi) is 4.32. The molecule has 2 aliphatic rings. The minimum absolute atomic E-state index is 0.632. The van der Waals surface area contributed by atoms with Crippen molar-refractivity contribution in [2.45, 2.75) is 77.3 Å². The number of nitrogens with zero attached hydrogens (tertiary/aromatic N) is 2. The number of imidazole rings is 1. The maximum Gasteiger partial charge on any atom is 0.203 e. The first-order valence-corrected chi connectivity index (χ1v) is 8.55. The molecule has 0 bridgehead atoms. The lowest BCUT2D eigenvalue weighted by molar-refractivity contribution is 0.187. The lowest BCUT2D eigenvalue weighted by atomic mass is 9.78. The molecule has 3 nitrogen and oxygen atoms in total. The Hall–Kier alpha value is -0.990. The van der Waals surface area contributed by atoms with Crippen molar-refractivity contribution in [2.75, 3.05) is 5.32 Å². The highest BCUT2D eigenvalue weighted by Gasteiger charge is 2.29. The van der Waals surface area contributed by atoms with E-state index in [1.54, 1.807) is 0 Å². The van der Waals surface area contributed by atoms with E-state index in [4.69, 9.17) is 0 Å². The second kappa shape index (κ2) is 6.19. The minimum atomic E-state index is 0.632. The summed E-state index contributed by atoms with van der Waals surface area (Å²) in [6.07, 6.45) is 15.0. The average Bonchev–Trinajstić information content (AvgIpc) is 2.91. The molecule has 0 spiro atoms. The summed E-state index contributed by atoms with van der Waals surface area (Å²) < 4.78 is 2.43. The molecule has 2 aliphatic carbocycles. The highest BCUT2D eigenvalue weighted by atomic mass is 15.2. The van der Waals surface area contributed by atoms with Gasteiger partial charge in [-0.05, 0) is 31.1 Å². The van der Waals surface area contributed by atoms with Crippen LogP contribution in [-0.2, 0) is 0 Å². The third-order valence-corrected chi connectivity index (χ3v) is 5.63. The van der Waals surface area contributed by atoms with Crippen LogP contribution in [0.5, 0.6) is 0 Å². The largest absolute Gasteiger partial charge is 0.353 e. The van der Waals surface area contributed by atoms with Crippen molar-refractivity contribution in [1.29, 1.82) is 0 Å². The van der Waals surface area contributed by atoms with Crippen LogP contribution in [0.1, 0.15) is 71.3 Å². The van der Waals surface area contributed by atoms with Crippen LogP contribution in [0.3, 0.4) is 0 Å². The summed E-state index contributed by atoms with van der Waals surface area (Å²) in [6, 6.07) is 1.27. The Labute approximate surface area is 123 Å². The number of anilines is 1. The smallest absolute Gasteiger partial charge is 0.203 e. The van der Waals surface area contributed by atoms with Crippen LogP contribution in [0.25, 0.3) is 0 Å². The highest BCUT2D eigenvalue weighted by molar-refractivity contribution is 5.29. The van der Waals surface area contributed by atoms with Crippen LogP contribution in [0.4, 0.5) is 5.95 Å². The van der Waals surface area contributed by atoms with Gasteiger partial charge in [-0.1, -0.05) is 46.0 Å². The van der Waals surface area contributed by atoms with Crippen LogP contribution in [-0.4, -0.2) is 15.6 Å². The molecule has 1 aromatic rings. The molecule has 0 aromatic carbocycles. The van der Waals surface area contributed by atoms with E-state index in [2.05, 4.69) is 34.9 Å². The highest BCUT2D eigenvalue weighted by Crippen LogP contribution is 2.39. The second-order valence-electron chi connectivity index (χ2n) is 6.97. The summed E-state index contributed by atoms with van der Waals surface area (Å²) in [7, 11) is 0. The first kappa shape index (κ1) is 14.0. The summed E-state index contributed by atoms with van der Waals surface area (Å²) in [6.45, 7) is 4.82. The summed E-state index contributed by atoms with van der Waals surface area (Å²) in [4.78, 5) is 4.60. The fourth-order valence-corrected chi connectivity index (χ4v) is 4.07. The molecule has 0 amide bonds. The summed E-state index contributed by atoms with van der Waals surface area (Å²) in [5, 5.41) is 3.71. The maximum atomic E-state index is 4.60. The molecule has 0 radical (unpaired) electrons. The quantitative estimate of drug-likeness (QED) is 0.872. The van der Waals surface area contributed by atoms with Crippen molar-refractivity contribution in [1.82, 2.24) is 9.55 Å². The Bertz CT molecular complexity index is 420. The molecule has 3 heteroatoms. The third kappa shape index (κ3) is 2.87. The lowest BCUT2D eigenvalue weighted by Gasteiger charge is -2.36. The molecule has 2 saturated carbocycles. The molecule has 0 saturated heterocycles. The van der Waals surface area contributed by atoms with Crippen molar-refractivity contribution in [3.8, 4) is 0 Å². The van der Waals surface area contributed by atoms with E-state index in [0.717, 1.165) is 17.8 Å². The van der Waals surface area contributed by atoms with Gasteiger partial charge in [0.1, 0.15) is 0 Å². The summed E-state index contributed by atoms with van der Waals surface area (Å²) >= 11 is 0. The Morgan fingerprint density at radius 1 is 1.05 bits per heavy atom. The van der Waals surface area contributed by atoms with Gasteiger partial charge in [-0.2, -0.15) is 0 Å². The molecule has 0 aliphatic heterocycles. The monoisotopic (exact) mass is 275 g/mol. The van der Waals surface area contributed by atoms with Gasteiger partial charge in [-0.3, -0.25) is 0 Å². The molecule has 1 aromatic heterocycles. The van der Waals surface area contributed by atoms with Crippen LogP contribution >= 0.6 is 0 Å². The van der Waals surface area contributed by atoms with Gasteiger partial charge in [0, 0.05) is 24.5 Å². The van der Waals surface area contributed by atoms with Crippen LogP contribution < -0.4 is 5.32 Å². The van der Waals surface area contributed by atoms with Crippen molar-refractivity contribution in [3.63, 3.8) is 0 Å². The van der Waals surface area contributed by atoms with Gasteiger partial charge < -0.3 is 9.88 Å². The zero-order valence-electron chi connectivity index (χ0n) is 13.0. The van der Waals surface area contributed by atoms with Crippen molar-refractivity contribution < 1.29 is 0 Å². The Morgan fingerprint density at radius 2 is 1.85 bits per heavy atom. The van der Waals surface area contributed by atoms with Crippen molar-refractivity contribution in [3.05, 3.63) is 12.4 Å². The molecule has 3 unspecified atom stereocenters. The van der Waals surface area contributed by atoms with Crippen LogP contribution in [0, 0.1) is 11.8 Å². The predicted molar refractivity (Wildman–Crippen MR) is 83.9 cm³/mol. The Balaban J connectivity index is 1.72. The van der Waals surface area contributed by atoms with E-state index < -0.39 is 0 Å². The van der Waals surface area contributed by atoms with Crippen LogP contribution in [0.2, 0.25) is 0 Å². The molecular weight excluding hydrogens is 246 g/mol. The van der Waals surface area contributed by atoms with Crippen molar-refractivity contribution >= 4 is 5.95 Å². The normalized spacial score (nSPS) is 32.2. The molecule has 3 rings (SSSR count). The van der Waals surface area contributed by atoms with Gasteiger partial charge in [0.2, 0.25) is 5.95 Å². The minimum Gasteiger partial charge on any atom is -0.353 e. The van der Waals surface area contributed by atoms with Gasteiger partial charge >= 0.3 is 0 Å². The van der Waals surface area contributed by atoms with E-state index in [0.29, 0.717) is 12.1 Å². The first-order chi connectivity index (χ1) is 9.75. The molecule has 2 fully saturated rings. The first-order valence-electron chi connectivity index (χ1n) is 8.55. The average molecular weight is 275 g/mol. The zero-order valence-corrected chi connectivity index (χ0v) is 13.0. The van der Waals surface area contributed by atoms with E-state index in [1.165, 1.54) is 51.4 Å². The number of rotatable bonds is 3. The zero-order chi connectivity index (χ0) is 13.9. The van der Waals surface area contributed by atoms with Gasteiger partial charge in [0.05, 0.1) is 0 Å². The van der Waals surface area contributed by atoms with Gasteiger partial charge in [0.25, 0.3) is 0 Å². The summed E-state index contributed by atoms with van der Waals surface area (Å²) in [5.74, 6) is 2.70. The molecule has 3 atom stereocenters. The van der Waals surface area contributed by atoms with Crippen molar-refractivity contribution in [2.24, 2.45) is 11.8 Å². The number of hydrogen-bond donors (Lipinski definition) is 1. The van der Waals surface area contributed by atoms with Gasteiger partial charge in [-0.25, -0.2) is 4.98 Å². The van der Waals surface area contributed by atoms with E-state index in [-0.39, 0.29) is 0 Å². The van der Waals surface area contributed by atoms with Crippen LogP contribution in [0.15, 0.2) is 12.4 Å². The fourth-order valence-electron chi connectivity index (χ4n) is 4.07. The van der Waals surface area contributed by atoms with E-state index in [1.807, 2.05) is 6.20 Å². The number of aromatic nitrogens is 2. The van der Waals surface area contributed by atoms with E-state index in [9.17, 15) is 0 Å². The standard InChI is InChI=1S/C17H29N3/c1-13-7-6-10-16(14(13)2)20-12-11-18-17(20)19-15-8-4-3-5-9-15/h11-16H,3-10H2,1-2H3,(H,18,19). The third-order valence-electron chi connectivity index (χ3n) is 5.63. The number of hydrogen-bond acceptors (Lipinski definition) is 2. The lowest BCUT2D eigenvalue weighted by Crippen LogP contribution is -2.30. The number of nitrogens with one attached hydrogen (secondary N) is 1. The summed E-state index contributed by atoms with van der Waals surface area (Å²) in [5.41, 5.74) is 0. The molecule has 1 heterocycles. The molecular formula is C17H29N3. The van der Waals surface area contributed by atoms with E-state index >= 15 is 0 Å². The van der Waals surface area contributed by atoms with Gasteiger partial charge in [-0.15, -0.1) is 0 Å². The van der Waals surface area contributed by atoms with Gasteiger partial charge in [0.15, 0.2) is 0 Å². The fraction of sp³-hybridized carbons (Fsp3) is 0.824. The topological polar surface area (TPSA) is 29.9 Å². The molecule has 112 valence electrons. The second-order valence-corrected chi connectivity index (χ2v) is 6.97. The SMILES string of the molecule is CC1CCCC(n2ccnc2NC2CCCCC2)C1C. The molecule has 20 heavy (non-hydrogen) atoms. The Morgan fingerprint density at radius 3 is 2.65 bits per heavy atom. The molecule has 1 N–H and O–H groups in total. The maximum absolute atomic E-state index is 4.60.